The molecule has 6 nitrogen and oxygen atoms in total. The predicted molar refractivity (Wildman–Crippen MR) is 158 cm³/mol. The van der Waals surface area contributed by atoms with Gasteiger partial charge in [0.2, 0.25) is 0 Å². The van der Waals surface area contributed by atoms with Crippen molar-refractivity contribution < 1.29 is 4.39 Å². The number of anilines is 1. The quantitative estimate of drug-likeness (QED) is 0.242. The molecule has 0 aliphatic rings. The molecule has 5 aromatic rings. The van der Waals surface area contributed by atoms with E-state index >= 15 is 0 Å². The van der Waals surface area contributed by atoms with Gasteiger partial charge < -0.3 is 10.3 Å². The largest absolute Gasteiger partial charge is 0.358 e. The third kappa shape index (κ3) is 5.29. The van der Waals surface area contributed by atoms with Crippen LogP contribution in [0.3, 0.4) is 0 Å². The third-order valence-electron chi connectivity index (χ3n) is 6.65. The van der Waals surface area contributed by atoms with E-state index < -0.39 is 0 Å². The number of fused-ring (bicyclic) bond motifs is 1. The molecule has 7 heteroatoms. The van der Waals surface area contributed by atoms with E-state index in [1.165, 1.54) is 12.1 Å². The highest BCUT2D eigenvalue weighted by molar-refractivity contribution is 5.96. The van der Waals surface area contributed by atoms with Gasteiger partial charge in [-0.2, -0.15) is 5.10 Å². The van der Waals surface area contributed by atoms with Gasteiger partial charge in [-0.3, -0.25) is 15.1 Å². The zero-order valence-electron chi connectivity index (χ0n) is 22.6. The Balaban J connectivity index is 1.56. The highest BCUT2D eigenvalue weighted by Crippen LogP contribution is 2.30. The normalized spacial score (nSPS) is 12.7. The summed E-state index contributed by atoms with van der Waals surface area (Å²) in [6, 6.07) is 12.4. The molecule has 0 saturated heterocycles. The topological polar surface area (TPSA) is 82.3 Å². The summed E-state index contributed by atoms with van der Waals surface area (Å²) >= 11 is 0. The summed E-state index contributed by atoms with van der Waals surface area (Å²) < 4.78 is 13.9. The molecular formula is C32H31FN6. The molecule has 0 fully saturated rings. The summed E-state index contributed by atoms with van der Waals surface area (Å²) in [5.74, 6) is -0.302. The fraction of sp³-hybridized carbons (Fsp3) is 0.156. The van der Waals surface area contributed by atoms with Crippen LogP contribution in [0.4, 0.5) is 10.1 Å². The summed E-state index contributed by atoms with van der Waals surface area (Å²) in [7, 11) is 0. The molecule has 196 valence electrons. The lowest BCUT2D eigenvalue weighted by atomic mass is 9.93. The number of allylic oxidation sites excluding steroid dienone is 2. The molecule has 1 aromatic carbocycles. The fourth-order valence-electron chi connectivity index (χ4n) is 4.29. The van der Waals surface area contributed by atoms with Crippen molar-refractivity contribution in [3.05, 3.63) is 102 Å². The van der Waals surface area contributed by atoms with Crippen molar-refractivity contribution in [3.63, 3.8) is 0 Å². The van der Waals surface area contributed by atoms with Gasteiger partial charge >= 0.3 is 0 Å². The van der Waals surface area contributed by atoms with E-state index in [9.17, 15) is 4.39 Å². The standard InChI is InChI=1S/C32H31FN6/c1-7-27-25(13-19(2)22-15-24(18-34-17-22)36-20(3)32(4,5)6)31(39-38-27)29-16-26-28(37-29)11-12-35-30(26)21-9-8-10-23(33)14-21/h7-18,36-38H,2-3H2,1,4-6H3/b25-13+,27-7+. The van der Waals surface area contributed by atoms with E-state index in [1.807, 2.05) is 43.3 Å². The van der Waals surface area contributed by atoms with Crippen LogP contribution in [-0.2, 0) is 0 Å². The summed E-state index contributed by atoms with van der Waals surface area (Å²) in [6.07, 6.45) is 9.26. The van der Waals surface area contributed by atoms with Gasteiger partial charge in [0.05, 0.1) is 28.6 Å². The zero-order valence-corrected chi connectivity index (χ0v) is 22.6. The lowest BCUT2D eigenvalue weighted by molar-refractivity contribution is 0.509. The van der Waals surface area contributed by atoms with Crippen molar-refractivity contribution >= 4 is 34.3 Å². The Labute approximate surface area is 226 Å². The van der Waals surface area contributed by atoms with Crippen LogP contribution in [0.15, 0.2) is 79.9 Å². The predicted octanol–water partition coefficient (Wildman–Crippen LogP) is 6.42. The second kappa shape index (κ2) is 10.2. The third-order valence-corrected chi connectivity index (χ3v) is 6.65. The van der Waals surface area contributed by atoms with Crippen LogP contribution in [0.5, 0.6) is 0 Å². The molecule has 0 spiro atoms. The minimum Gasteiger partial charge on any atom is -0.358 e. The number of rotatable bonds is 6. The van der Waals surface area contributed by atoms with Crippen LogP contribution in [0, 0.1) is 11.2 Å². The number of aromatic nitrogens is 5. The average molecular weight is 519 g/mol. The Morgan fingerprint density at radius 2 is 1.87 bits per heavy atom. The first-order valence-corrected chi connectivity index (χ1v) is 12.7. The lowest BCUT2D eigenvalue weighted by Gasteiger charge is -2.23. The zero-order chi connectivity index (χ0) is 27.7. The van der Waals surface area contributed by atoms with E-state index in [0.717, 1.165) is 55.4 Å². The molecule has 0 atom stereocenters. The lowest BCUT2D eigenvalue weighted by Crippen LogP contribution is -2.23. The van der Waals surface area contributed by atoms with E-state index in [4.69, 9.17) is 0 Å². The Morgan fingerprint density at radius 1 is 1.05 bits per heavy atom. The molecular weight excluding hydrogens is 487 g/mol. The van der Waals surface area contributed by atoms with Crippen molar-refractivity contribution in [2.75, 3.05) is 5.32 Å². The molecule has 39 heavy (non-hydrogen) atoms. The van der Waals surface area contributed by atoms with E-state index in [2.05, 4.69) is 64.4 Å². The number of aromatic amines is 2. The molecule has 5 rings (SSSR count). The number of pyridine rings is 2. The number of hydrogen-bond donors (Lipinski definition) is 3. The summed E-state index contributed by atoms with van der Waals surface area (Å²) in [5.41, 5.74) is 7.20. The van der Waals surface area contributed by atoms with E-state index in [0.29, 0.717) is 11.3 Å². The van der Waals surface area contributed by atoms with Crippen LogP contribution in [0.2, 0.25) is 0 Å². The highest BCUT2D eigenvalue weighted by Gasteiger charge is 2.16. The van der Waals surface area contributed by atoms with Crippen LogP contribution < -0.4 is 15.9 Å². The smallest absolute Gasteiger partial charge is 0.123 e. The second-order valence-electron chi connectivity index (χ2n) is 10.5. The van der Waals surface area contributed by atoms with Crippen molar-refractivity contribution in [2.45, 2.75) is 27.7 Å². The maximum atomic E-state index is 13.9. The molecule has 3 N–H and O–H groups in total. The van der Waals surface area contributed by atoms with Crippen molar-refractivity contribution in [3.8, 4) is 22.6 Å². The molecule has 4 heterocycles. The van der Waals surface area contributed by atoms with Crippen molar-refractivity contribution in [1.82, 2.24) is 25.1 Å². The number of hydrogen-bond acceptors (Lipinski definition) is 4. The number of nitrogens with one attached hydrogen (secondary N) is 3. The summed E-state index contributed by atoms with van der Waals surface area (Å²) in [4.78, 5) is 12.4. The maximum absolute atomic E-state index is 13.9. The average Bonchev–Trinajstić information content (AvgIpc) is 3.51. The Bertz CT molecular complexity index is 1830. The number of benzene rings is 1. The minimum absolute atomic E-state index is 0.0830. The van der Waals surface area contributed by atoms with Gasteiger partial charge in [-0.1, -0.05) is 52.1 Å². The monoisotopic (exact) mass is 518 g/mol. The fourth-order valence-corrected chi connectivity index (χ4v) is 4.29. The molecule has 0 unspecified atom stereocenters. The van der Waals surface area contributed by atoms with Gasteiger partial charge in [0.1, 0.15) is 11.5 Å². The highest BCUT2D eigenvalue weighted by atomic mass is 19.1. The molecule has 0 radical (unpaired) electrons. The molecule has 4 aromatic heterocycles. The Morgan fingerprint density at radius 3 is 2.62 bits per heavy atom. The van der Waals surface area contributed by atoms with Crippen molar-refractivity contribution in [1.29, 1.82) is 0 Å². The van der Waals surface area contributed by atoms with Crippen LogP contribution in [0.1, 0.15) is 33.3 Å². The van der Waals surface area contributed by atoms with E-state index in [1.54, 1.807) is 24.7 Å². The Hall–Kier alpha value is -4.78. The Kier molecular flexibility index (Phi) is 6.74. The van der Waals surface area contributed by atoms with Crippen LogP contribution in [0.25, 0.3) is 51.3 Å². The van der Waals surface area contributed by atoms with Gasteiger partial charge in [-0.15, -0.1) is 0 Å². The van der Waals surface area contributed by atoms with Crippen LogP contribution >= 0.6 is 0 Å². The molecule has 0 bridgehead atoms. The molecule has 0 saturated carbocycles. The number of halogens is 1. The SMILES string of the molecule is C=C(/C=c1/c(-c2cc3c(-c4cccc(F)c4)nccc3[nH]2)n[nH]/c1=C/C)c1cncc(NC(=C)C(C)(C)C)c1. The van der Waals surface area contributed by atoms with Gasteiger partial charge in [0, 0.05) is 50.8 Å². The second-order valence-corrected chi connectivity index (χ2v) is 10.5. The molecule has 0 aliphatic heterocycles. The maximum Gasteiger partial charge on any atom is 0.123 e. The first-order valence-electron chi connectivity index (χ1n) is 12.7. The number of H-pyrrole nitrogens is 2. The van der Waals surface area contributed by atoms with Gasteiger partial charge in [0.15, 0.2) is 0 Å². The van der Waals surface area contributed by atoms with Gasteiger partial charge in [0.25, 0.3) is 0 Å². The minimum atomic E-state index is -0.302. The molecule has 0 amide bonds. The van der Waals surface area contributed by atoms with Crippen LogP contribution in [-0.4, -0.2) is 25.1 Å². The number of nitrogens with zero attached hydrogens (tertiary/aromatic N) is 3. The first kappa shape index (κ1) is 25.9. The summed E-state index contributed by atoms with van der Waals surface area (Å²) in [6.45, 7) is 16.8. The van der Waals surface area contributed by atoms with Crippen molar-refractivity contribution in [2.24, 2.45) is 5.41 Å². The summed E-state index contributed by atoms with van der Waals surface area (Å²) in [5, 5.41) is 13.8. The molecule has 0 aliphatic carbocycles. The van der Waals surface area contributed by atoms with E-state index in [-0.39, 0.29) is 11.2 Å². The van der Waals surface area contributed by atoms with Gasteiger partial charge in [-0.25, -0.2) is 4.39 Å². The van der Waals surface area contributed by atoms with Gasteiger partial charge in [-0.05, 0) is 48.9 Å². The first-order chi connectivity index (χ1) is 18.6.